The Morgan fingerprint density at radius 1 is 1.37 bits per heavy atom. The molecule has 102 valence electrons. The Hall–Kier alpha value is -1.91. The van der Waals surface area contributed by atoms with E-state index in [0.29, 0.717) is 24.0 Å². The molecular weight excluding hydrogens is 249 g/mol. The van der Waals surface area contributed by atoms with E-state index in [4.69, 9.17) is 0 Å². The number of amides is 1. The number of carbonyl (C=O) groups excluding carboxylic acids is 1. The second-order valence-electron chi connectivity index (χ2n) is 5.21. The lowest BCUT2D eigenvalue weighted by molar-refractivity contribution is -0.149. The number of hydrogen-bond acceptors (Lipinski definition) is 2. The molecular formula is C14H16FNO3. The Morgan fingerprint density at radius 2 is 2.00 bits per heavy atom. The summed E-state index contributed by atoms with van der Waals surface area (Å²) in [5.41, 5.74) is 0.0812. The number of carbonyl (C=O) groups is 2. The molecule has 0 atom stereocenters. The minimum Gasteiger partial charge on any atom is -0.481 e. The van der Waals surface area contributed by atoms with Crippen LogP contribution in [0.25, 0.3) is 0 Å². The minimum absolute atomic E-state index is 0.155. The zero-order valence-corrected chi connectivity index (χ0v) is 10.9. The van der Waals surface area contributed by atoms with Crippen molar-refractivity contribution < 1.29 is 19.1 Å². The lowest BCUT2D eigenvalue weighted by Gasteiger charge is -2.45. The molecule has 0 saturated heterocycles. The van der Waals surface area contributed by atoms with E-state index >= 15 is 0 Å². The number of aliphatic carboxylic acids is 1. The second-order valence-corrected chi connectivity index (χ2v) is 5.21. The van der Waals surface area contributed by atoms with Crippen molar-refractivity contribution in [3.05, 3.63) is 35.1 Å². The van der Waals surface area contributed by atoms with Crippen LogP contribution in [0.1, 0.15) is 30.9 Å². The van der Waals surface area contributed by atoms with Crippen molar-refractivity contribution in [2.45, 2.75) is 38.1 Å². The Labute approximate surface area is 110 Å². The second kappa shape index (κ2) is 4.64. The van der Waals surface area contributed by atoms with Gasteiger partial charge in [-0.05, 0) is 43.0 Å². The maximum Gasteiger partial charge on any atom is 0.314 e. The van der Waals surface area contributed by atoms with Crippen LogP contribution in [0.5, 0.6) is 0 Å². The van der Waals surface area contributed by atoms with Crippen molar-refractivity contribution in [1.29, 1.82) is 0 Å². The van der Waals surface area contributed by atoms with E-state index in [2.05, 4.69) is 5.32 Å². The first-order valence-electron chi connectivity index (χ1n) is 6.12. The third-order valence-corrected chi connectivity index (χ3v) is 3.60. The molecule has 1 saturated carbocycles. The monoisotopic (exact) mass is 265 g/mol. The smallest absolute Gasteiger partial charge is 0.314 e. The number of carboxylic acid groups (broad SMARTS) is 1. The molecule has 0 radical (unpaired) electrons. The molecule has 0 bridgehead atoms. The normalized spacial score (nSPS) is 25.5. The third kappa shape index (κ3) is 2.45. The van der Waals surface area contributed by atoms with Crippen molar-refractivity contribution in [3.8, 4) is 0 Å². The predicted molar refractivity (Wildman–Crippen MR) is 67.3 cm³/mol. The Morgan fingerprint density at radius 3 is 2.47 bits per heavy atom. The van der Waals surface area contributed by atoms with Gasteiger partial charge in [0.25, 0.3) is 0 Å². The SMILES string of the molecule is CC(=O)NC1CC(C(=O)O)(c2cc(C)cc(F)c2)C1. The van der Waals surface area contributed by atoms with Gasteiger partial charge in [0.15, 0.2) is 0 Å². The van der Waals surface area contributed by atoms with Gasteiger partial charge in [0.2, 0.25) is 5.91 Å². The van der Waals surface area contributed by atoms with Crippen molar-refractivity contribution in [1.82, 2.24) is 5.32 Å². The number of aryl methyl sites for hydroxylation is 1. The molecule has 19 heavy (non-hydrogen) atoms. The first kappa shape index (κ1) is 13.5. The molecule has 2 rings (SSSR count). The fourth-order valence-corrected chi connectivity index (χ4v) is 2.72. The van der Waals surface area contributed by atoms with Crippen LogP contribution in [0.2, 0.25) is 0 Å². The Balaban J connectivity index is 2.28. The fraction of sp³-hybridized carbons (Fsp3) is 0.429. The summed E-state index contributed by atoms with van der Waals surface area (Å²) in [6.07, 6.45) is 0.593. The van der Waals surface area contributed by atoms with Gasteiger partial charge >= 0.3 is 5.97 Å². The van der Waals surface area contributed by atoms with Gasteiger partial charge in [0.1, 0.15) is 5.82 Å². The van der Waals surface area contributed by atoms with Crippen LogP contribution < -0.4 is 5.32 Å². The van der Waals surface area contributed by atoms with Gasteiger partial charge in [0, 0.05) is 13.0 Å². The Kier molecular flexibility index (Phi) is 3.30. The summed E-state index contributed by atoms with van der Waals surface area (Å²) < 4.78 is 13.4. The fourth-order valence-electron chi connectivity index (χ4n) is 2.72. The summed E-state index contributed by atoms with van der Waals surface area (Å²) in [5.74, 6) is -1.59. The number of hydrogen-bond donors (Lipinski definition) is 2. The molecule has 0 spiro atoms. The topological polar surface area (TPSA) is 66.4 Å². The van der Waals surface area contributed by atoms with E-state index in [1.165, 1.54) is 19.1 Å². The van der Waals surface area contributed by atoms with Gasteiger partial charge in [0.05, 0.1) is 5.41 Å². The van der Waals surface area contributed by atoms with E-state index < -0.39 is 17.2 Å². The van der Waals surface area contributed by atoms with E-state index in [0.717, 1.165) is 0 Å². The summed E-state index contributed by atoms with van der Waals surface area (Å²) in [4.78, 5) is 22.5. The molecule has 1 aliphatic rings. The molecule has 0 aromatic heterocycles. The zero-order chi connectivity index (χ0) is 14.2. The molecule has 2 N–H and O–H groups in total. The molecule has 0 heterocycles. The van der Waals surface area contributed by atoms with E-state index in [1.807, 2.05) is 0 Å². The quantitative estimate of drug-likeness (QED) is 0.875. The summed E-state index contributed by atoms with van der Waals surface area (Å²) in [5, 5.41) is 12.1. The van der Waals surface area contributed by atoms with Gasteiger partial charge in [-0.25, -0.2) is 4.39 Å². The molecule has 5 heteroatoms. The van der Waals surface area contributed by atoms with E-state index in [-0.39, 0.29) is 11.9 Å². The summed E-state index contributed by atoms with van der Waals surface area (Å²) in [7, 11) is 0. The molecule has 1 amide bonds. The van der Waals surface area contributed by atoms with Gasteiger partial charge in [-0.15, -0.1) is 0 Å². The maximum absolute atomic E-state index is 13.4. The average molecular weight is 265 g/mol. The largest absolute Gasteiger partial charge is 0.481 e. The molecule has 0 unspecified atom stereocenters. The highest BCUT2D eigenvalue weighted by molar-refractivity contribution is 5.84. The van der Waals surface area contributed by atoms with Gasteiger partial charge in [-0.1, -0.05) is 6.07 Å². The van der Waals surface area contributed by atoms with Crippen LogP contribution in [0.3, 0.4) is 0 Å². The van der Waals surface area contributed by atoms with Crippen molar-refractivity contribution in [3.63, 3.8) is 0 Å². The van der Waals surface area contributed by atoms with E-state index in [9.17, 15) is 19.1 Å². The van der Waals surface area contributed by atoms with Crippen LogP contribution in [0.4, 0.5) is 4.39 Å². The van der Waals surface area contributed by atoms with Gasteiger partial charge < -0.3 is 10.4 Å². The predicted octanol–water partition coefficient (Wildman–Crippen LogP) is 1.76. The van der Waals surface area contributed by atoms with Crippen LogP contribution in [-0.2, 0) is 15.0 Å². The van der Waals surface area contributed by atoms with Crippen LogP contribution in [0.15, 0.2) is 18.2 Å². The summed E-state index contributed by atoms with van der Waals surface area (Å²) in [6.45, 7) is 3.12. The first-order chi connectivity index (χ1) is 8.83. The minimum atomic E-state index is -1.08. The third-order valence-electron chi connectivity index (χ3n) is 3.60. The Bertz CT molecular complexity index is 515. The molecule has 1 aromatic carbocycles. The summed E-state index contributed by atoms with van der Waals surface area (Å²) >= 11 is 0. The maximum atomic E-state index is 13.4. The standard InChI is InChI=1S/C14H16FNO3/c1-8-3-10(5-11(15)4-8)14(13(18)19)6-12(7-14)16-9(2)17/h3-5,12H,6-7H2,1-2H3,(H,16,17)(H,18,19). The molecule has 4 nitrogen and oxygen atoms in total. The van der Waals surface area contributed by atoms with Gasteiger partial charge in [-0.2, -0.15) is 0 Å². The van der Waals surface area contributed by atoms with Gasteiger partial charge in [-0.3, -0.25) is 9.59 Å². The number of benzene rings is 1. The van der Waals surface area contributed by atoms with Crippen molar-refractivity contribution in [2.24, 2.45) is 0 Å². The van der Waals surface area contributed by atoms with Crippen molar-refractivity contribution >= 4 is 11.9 Å². The number of halogens is 1. The molecule has 0 aliphatic heterocycles. The highest BCUT2D eigenvalue weighted by atomic mass is 19.1. The van der Waals surface area contributed by atoms with Crippen LogP contribution in [-0.4, -0.2) is 23.0 Å². The van der Waals surface area contributed by atoms with Crippen molar-refractivity contribution in [2.75, 3.05) is 0 Å². The number of rotatable bonds is 3. The molecule has 1 fully saturated rings. The highest BCUT2D eigenvalue weighted by Gasteiger charge is 2.52. The molecule has 1 aromatic rings. The average Bonchev–Trinajstić information content (AvgIpc) is 2.19. The highest BCUT2D eigenvalue weighted by Crippen LogP contribution is 2.44. The van der Waals surface area contributed by atoms with Crippen LogP contribution in [0, 0.1) is 12.7 Å². The number of carboxylic acids is 1. The zero-order valence-electron chi connectivity index (χ0n) is 10.9. The summed E-state index contributed by atoms with van der Waals surface area (Å²) in [6, 6.07) is 4.17. The number of nitrogens with one attached hydrogen (secondary N) is 1. The first-order valence-corrected chi connectivity index (χ1v) is 6.12. The van der Waals surface area contributed by atoms with Crippen LogP contribution >= 0.6 is 0 Å². The lowest BCUT2D eigenvalue weighted by atomic mass is 9.61. The van der Waals surface area contributed by atoms with E-state index in [1.54, 1.807) is 13.0 Å². The lowest BCUT2D eigenvalue weighted by Crippen LogP contribution is -2.56. The molecule has 1 aliphatic carbocycles.